The number of aryl methyl sites for hydroxylation is 1. The highest BCUT2D eigenvalue weighted by Crippen LogP contribution is 2.32. The van der Waals surface area contributed by atoms with Crippen molar-refractivity contribution in [3.05, 3.63) is 95.1 Å². The first-order valence-electron chi connectivity index (χ1n) is 10.6. The van der Waals surface area contributed by atoms with Gasteiger partial charge >= 0.3 is 5.97 Å². The molecule has 0 saturated carbocycles. The van der Waals surface area contributed by atoms with Gasteiger partial charge in [0, 0.05) is 11.6 Å². The van der Waals surface area contributed by atoms with Crippen LogP contribution in [0.4, 0.5) is 0 Å². The lowest BCUT2D eigenvalue weighted by atomic mass is 9.98. The van der Waals surface area contributed by atoms with Crippen LogP contribution in [-0.4, -0.2) is 36.7 Å². The van der Waals surface area contributed by atoms with Crippen LogP contribution in [0.15, 0.2) is 78.4 Å². The number of hydrogen-bond acceptors (Lipinski definition) is 5. The molecule has 6 nitrogen and oxygen atoms in total. The molecule has 0 aliphatic carbocycles. The molecule has 0 saturated heterocycles. The molecule has 0 spiro atoms. The van der Waals surface area contributed by atoms with E-state index < -0.39 is 12.1 Å². The molecule has 0 aromatic heterocycles. The van der Waals surface area contributed by atoms with Gasteiger partial charge in [0.05, 0.1) is 12.7 Å². The van der Waals surface area contributed by atoms with E-state index in [0.717, 1.165) is 16.9 Å². The van der Waals surface area contributed by atoms with E-state index in [1.807, 2.05) is 54.6 Å². The average Bonchev–Trinajstić information content (AvgIpc) is 2.84. The molecule has 168 valence electrons. The minimum absolute atomic E-state index is 0.123. The Morgan fingerprint density at radius 1 is 1.06 bits per heavy atom. The Morgan fingerprint density at radius 3 is 2.48 bits per heavy atom. The number of hydrogen-bond donors (Lipinski definition) is 1. The monoisotopic (exact) mass is 444 g/mol. The normalized spacial score (nSPS) is 14.8. The summed E-state index contributed by atoms with van der Waals surface area (Å²) in [4.78, 5) is 24.6. The zero-order chi connectivity index (χ0) is 23.2. The average molecular weight is 444 g/mol. The summed E-state index contributed by atoms with van der Waals surface area (Å²) in [5.74, 6) is 0.314. The number of fused-ring (bicyclic) bond motifs is 1. The van der Waals surface area contributed by atoms with Crippen LogP contribution in [0.2, 0.25) is 0 Å². The first-order valence-corrected chi connectivity index (χ1v) is 10.6. The van der Waals surface area contributed by atoms with Crippen LogP contribution in [0.5, 0.6) is 17.2 Å². The van der Waals surface area contributed by atoms with Crippen LogP contribution in [-0.2, 0) is 11.2 Å². The SMILES string of the molecule is COc1ccc(C=C2COc3cc(OC(CCc4ccccc4)C(=O)O)ccc3C2=O)cc1. The quantitative estimate of drug-likeness (QED) is 0.502. The zero-order valence-corrected chi connectivity index (χ0v) is 18.2. The summed E-state index contributed by atoms with van der Waals surface area (Å²) in [7, 11) is 1.60. The van der Waals surface area contributed by atoms with Gasteiger partial charge < -0.3 is 19.3 Å². The lowest BCUT2D eigenvalue weighted by molar-refractivity contribution is -0.145. The highest BCUT2D eigenvalue weighted by molar-refractivity contribution is 6.14. The molecule has 1 aliphatic heterocycles. The van der Waals surface area contributed by atoms with Crippen LogP contribution in [0.1, 0.15) is 27.9 Å². The van der Waals surface area contributed by atoms with Gasteiger partial charge in [-0.3, -0.25) is 4.79 Å². The lowest BCUT2D eigenvalue weighted by Crippen LogP contribution is -2.28. The van der Waals surface area contributed by atoms with Gasteiger partial charge in [0.2, 0.25) is 0 Å². The van der Waals surface area contributed by atoms with E-state index in [9.17, 15) is 14.7 Å². The van der Waals surface area contributed by atoms with Crippen LogP contribution in [0, 0.1) is 0 Å². The molecule has 0 fully saturated rings. The van der Waals surface area contributed by atoms with Crippen LogP contribution < -0.4 is 14.2 Å². The van der Waals surface area contributed by atoms with E-state index in [4.69, 9.17) is 14.2 Å². The summed E-state index contributed by atoms with van der Waals surface area (Å²) < 4.78 is 16.7. The number of benzene rings is 3. The second-order valence-electron chi connectivity index (χ2n) is 7.69. The summed E-state index contributed by atoms with van der Waals surface area (Å²) >= 11 is 0. The van der Waals surface area contributed by atoms with Gasteiger partial charge in [-0.2, -0.15) is 0 Å². The largest absolute Gasteiger partial charge is 0.497 e. The molecule has 1 atom stereocenters. The molecule has 3 aromatic rings. The third-order valence-corrected chi connectivity index (χ3v) is 5.42. The van der Waals surface area contributed by atoms with Gasteiger partial charge in [-0.05, 0) is 54.3 Å². The number of ether oxygens (including phenoxy) is 3. The lowest BCUT2D eigenvalue weighted by Gasteiger charge is -2.21. The molecule has 0 bridgehead atoms. The van der Waals surface area contributed by atoms with Gasteiger partial charge in [-0.25, -0.2) is 4.79 Å². The van der Waals surface area contributed by atoms with Crippen molar-refractivity contribution in [2.24, 2.45) is 0 Å². The molecule has 1 aliphatic rings. The molecule has 6 heteroatoms. The minimum Gasteiger partial charge on any atom is -0.497 e. The Morgan fingerprint density at radius 2 is 1.79 bits per heavy atom. The Balaban J connectivity index is 1.46. The Kier molecular flexibility index (Phi) is 6.74. The van der Waals surface area contributed by atoms with Gasteiger partial charge in [0.15, 0.2) is 11.9 Å². The van der Waals surface area contributed by atoms with Gasteiger partial charge in [-0.1, -0.05) is 42.5 Å². The molecule has 3 aromatic carbocycles. The number of Topliss-reactive ketones (excluding diaryl/α,β-unsaturated/α-hetero) is 1. The van der Waals surface area contributed by atoms with Crippen molar-refractivity contribution >= 4 is 17.8 Å². The summed E-state index contributed by atoms with van der Waals surface area (Å²) in [5, 5.41) is 9.58. The molecular weight excluding hydrogens is 420 g/mol. The van der Waals surface area contributed by atoms with Crippen LogP contribution >= 0.6 is 0 Å². The van der Waals surface area contributed by atoms with Crippen LogP contribution in [0.3, 0.4) is 0 Å². The molecule has 0 radical (unpaired) electrons. The Labute approximate surface area is 192 Å². The van der Waals surface area contributed by atoms with Crippen molar-refractivity contribution in [2.75, 3.05) is 13.7 Å². The zero-order valence-electron chi connectivity index (χ0n) is 18.2. The van der Waals surface area contributed by atoms with Crippen LogP contribution in [0.25, 0.3) is 6.08 Å². The summed E-state index contributed by atoms with van der Waals surface area (Å²) in [6, 6.07) is 21.9. The maximum atomic E-state index is 12.9. The molecule has 33 heavy (non-hydrogen) atoms. The van der Waals surface area contributed by atoms with E-state index in [1.54, 1.807) is 31.4 Å². The minimum atomic E-state index is -1.04. The van der Waals surface area contributed by atoms with E-state index >= 15 is 0 Å². The Bertz CT molecular complexity index is 1160. The predicted molar refractivity (Wildman–Crippen MR) is 124 cm³/mol. The Hall–Kier alpha value is -4.06. The second-order valence-corrected chi connectivity index (χ2v) is 7.69. The molecule has 1 N–H and O–H groups in total. The smallest absolute Gasteiger partial charge is 0.344 e. The number of carbonyl (C=O) groups excluding carboxylic acids is 1. The summed E-state index contributed by atoms with van der Waals surface area (Å²) in [5.41, 5.74) is 2.87. The van der Waals surface area contributed by atoms with Gasteiger partial charge in [-0.15, -0.1) is 0 Å². The second kappa shape index (κ2) is 10.0. The standard InChI is InChI=1S/C27H24O6/c1-31-21-10-7-19(8-11-21)15-20-17-32-25-16-22(12-13-23(25)26(20)28)33-24(27(29)30)14-9-18-5-3-2-4-6-18/h2-8,10-13,15-16,24H,9,14,17H2,1H3,(H,29,30). The van der Waals surface area contributed by atoms with Crippen molar-refractivity contribution in [1.29, 1.82) is 0 Å². The molecular formula is C27H24O6. The fourth-order valence-corrected chi connectivity index (χ4v) is 3.63. The van der Waals surface area contributed by atoms with E-state index in [-0.39, 0.29) is 12.4 Å². The molecule has 1 heterocycles. The third-order valence-electron chi connectivity index (χ3n) is 5.42. The number of carboxylic acid groups (broad SMARTS) is 1. The van der Waals surface area contributed by atoms with Gasteiger partial charge in [0.1, 0.15) is 23.9 Å². The number of methoxy groups -OCH3 is 1. The number of carbonyl (C=O) groups is 2. The number of rotatable bonds is 8. The molecule has 1 unspecified atom stereocenters. The fourth-order valence-electron chi connectivity index (χ4n) is 3.63. The topological polar surface area (TPSA) is 82.1 Å². The predicted octanol–water partition coefficient (Wildman–Crippen LogP) is 4.82. The van der Waals surface area contributed by atoms with Gasteiger partial charge in [0.25, 0.3) is 0 Å². The van der Waals surface area contributed by atoms with E-state index in [1.165, 1.54) is 0 Å². The van der Waals surface area contributed by atoms with Crippen molar-refractivity contribution in [2.45, 2.75) is 18.9 Å². The van der Waals surface area contributed by atoms with E-state index in [2.05, 4.69) is 0 Å². The number of ketones is 1. The van der Waals surface area contributed by atoms with Crippen molar-refractivity contribution in [3.8, 4) is 17.2 Å². The molecule has 0 amide bonds. The first kappa shape index (κ1) is 22.1. The highest BCUT2D eigenvalue weighted by Gasteiger charge is 2.25. The van der Waals surface area contributed by atoms with E-state index in [0.29, 0.717) is 35.5 Å². The van der Waals surface area contributed by atoms with Crippen molar-refractivity contribution in [1.82, 2.24) is 0 Å². The van der Waals surface area contributed by atoms with Crippen molar-refractivity contribution in [3.63, 3.8) is 0 Å². The maximum absolute atomic E-state index is 12.9. The molecule has 4 rings (SSSR count). The number of aliphatic carboxylic acids is 1. The maximum Gasteiger partial charge on any atom is 0.344 e. The van der Waals surface area contributed by atoms with Crippen molar-refractivity contribution < 1.29 is 28.9 Å². The summed E-state index contributed by atoms with van der Waals surface area (Å²) in [6.45, 7) is 0.123. The fraction of sp³-hybridized carbons (Fsp3) is 0.185. The highest BCUT2D eigenvalue weighted by atomic mass is 16.5. The number of carboxylic acids is 1. The first-order chi connectivity index (χ1) is 16.0. The summed E-state index contributed by atoms with van der Waals surface area (Å²) in [6.07, 6.45) is 1.69. The third kappa shape index (κ3) is 5.41.